The molecule has 1 amide bonds. The Balaban J connectivity index is 0.00000256. The van der Waals surface area contributed by atoms with Gasteiger partial charge < -0.3 is 15.8 Å². The standard InChI is InChI=1S/C12H18N2O2.ClH/c1-16-11-4-2-3-10(9-11)5-6-12(15)14-8-7-13;/h2-4,9H,5-8,13H2,1H3,(H,14,15);1H. The first-order chi connectivity index (χ1) is 7.76. The van der Waals surface area contributed by atoms with E-state index in [0.29, 0.717) is 25.9 Å². The zero-order valence-corrected chi connectivity index (χ0v) is 10.8. The molecule has 0 aliphatic heterocycles. The van der Waals surface area contributed by atoms with E-state index in [0.717, 1.165) is 11.3 Å². The van der Waals surface area contributed by atoms with Crippen LogP contribution >= 0.6 is 12.4 Å². The fourth-order valence-electron chi connectivity index (χ4n) is 1.39. The molecule has 0 aliphatic carbocycles. The number of rotatable bonds is 6. The number of nitrogens with two attached hydrogens (primary N) is 1. The fourth-order valence-corrected chi connectivity index (χ4v) is 1.39. The Labute approximate surface area is 108 Å². The Morgan fingerprint density at radius 3 is 2.88 bits per heavy atom. The lowest BCUT2D eigenvalue weighted by atomic mass is 10.1. The van der Waals surface area contributed by atoms with Crippen LogP contribution in [0.5, 0.6) is 5.75 Å². The Hall–Kier alpha value is -1.26. The highest BCUT2D eigenvalue weighted by Gasteiger charge is 2.01. The second-order valence-electron chi connectivity index (χ2n) is 3.49. The van der Waals surface area contributed by atoms with E-state index >= 15 is 0 Å². The summed E-state index contributed by atoms with van der Waals surface area (Å²) >= 11 is 0. The molecule has 4 nitrogen and oxygen atoms in total. The lowest BCUT2D eigenvalue weighted by Crippen LogP contribution is -2.29. The topological polar surface area (TPSA) is 64.3 Å². The van der Waals surface area contributed by atoms with Crippen LogP contribution in [0.2, 0.25) is 0 Å². The largest absolute Gasteiger partial charge is 0.497 e. The van der Waals surface area contributed by atoms with Gasteiger partial charge in [0.15, 0.2) is 0 Å². The van der Waals surface area contributed by atoms with E-state index in [1.807, 2.05) is 24.3 Å². The Bertz CT molecular complexity index is 345. The first-order valence-electron chi connectivity index (χ1n) is 5.36. The van der Waals surface area contributed by atoms with E-state index < -0.39 is 0 Å². The lowest BCUT2D eigenvalue weighted by Gasteiger charge is -2.05. The number of carbonyl (C=O) groups excluding carboxylic acids is 1. The molecule has 1 aromatic rings. The first-order valence-corrected chi connectivity index (χ1v) is 5.36. The summed E-state index contributed by atoms with van der Waals surface area (Å²) < 4.78 is 5.11. The highest BCUT2D eigenvalue weighted by atomic mass is 35.5. The number of aryl methyl sites for hydroxylation is 1. The smallest absolute Gasteiger partial charge is 0.220 e. The van der Waals surface area contributed by atoms with Gasteiger partial charge in [0.1, 0.15) is 5.75 Å². The van der Waals surface area contributed by atoms with Crippen molar-refractivity contribution in [2.24, 2.45) is 5.73 Å². The molecule has 0 atom stereocenters. The van der Waals surface area contributed by atoms with Gasteiger partial charge in [0.2, 0.25) is 5.91 Å². The van der Waals surface area contributed by atoms with Gasteiger partial charge >= 0.3 is 0 Å². The highest BCUT2D eigenvalue weighted by molar-refractivity contribution is 5.85. The molecule has 5 heteroatoms. The van der Waals surface area contributed by atoms with Crippen molar-refractivity contribution in [2.75, 3.05) is 20.2 Å². The van der Waals surface area contributed by atoms with Gasteiger partial charge in [-0.25, -0.2) is 0 Å². The number of benzene rings is 1. The van der Waals surface area contributed by atoms with E-state index in [1.165, 1.54) is 0 Å². The summed E-state index contributed by atoms with van der Waals surface area (Å²) in [7, 11) is 1.63. The van der Waals surface area contributed by atoms with E-state index in [1.54, 1.807) is 7.11 Å². The summed E-state index contributed by atoms with van der Waals surface area (Å²) in [6.45, 7) is 1.02. The van der Waals surface area contributed by atoms with Gasteiger partial charge in [0.25, 0.3) is 0 Å². The Kier molecular flexibility index (Phi) is 8.19. The molecule has 0 fully saturated rings. The quantitative estimate of drug-likeness (QED) is 0.804. The average Bonchev–Trinajstić information content (AvgIpc) is 2.34. The number of hydrogen-bond acceptors (Lipinski definition) is 3. The molecule has 1 rings (SSSR count). The minimum Gasteiger partial charge on any atom is -0.497 e. The van der Waals surface area contributed by atoms with Gasteiger partial charge in [0, 0.05) is 19.5 Å². The summed E-state index contributed by atoms with van der Waals surface area (Å²) in [6.07, 6.45) is 1.20. The Morgan fingerprint density at radius 1 is 1.47 bits per heavy atom. The minimum atomic E-state index is 0. The zero-order valence-electron chi connectivity index (χ0n) is 9.94. The molecule has 0 radical (unpaired) electrons. The summed E-state index contributed by atoms with van der Waals surface area (Å²) in [5.74, 6) is 0.855. The van der Waals surface area contributed by atoms with Crippen molar-refractivity contribution in [3.05, 3.63) is 29.8 Å². The maximum absolute atomic E-state index is 11.3. The molecular formula is C12H19ClN2O2. The number of carbonyl (C=O) groups is 1. The third kappa shape index (κ3) is 6.14. The van der Waals surface area contributed by atoms with Crippen LogP contribution in [0.25, 0.3) is 0 Å². The third-order valence-corrected chi connectivity index (χ3v) is 2.24. The van der Waals surface area contributed by atoms with E-state index in [4.69, 9.17) is 10.5 Å². The molecule has 0 heterocycles. The molecular weight excluding hydrogens is 240 g/mol. The molecule has 96 valence electrons. The Morgan fingerprint density at radius 2 is 2.24 bits per heavy atom. The molecule has 0 aliphatic rings. The van der Waals surface area contributed by atoms with Gasteiger partial charge in [-0.2, -0.15) is 0 Å². The molecule has 0 saturated carbocycles. The van der Waals surface area contributed by atoms with Gasteiger partial charge in [0.05, 0.1) is 7.11 Å². The van der Waals surface area contributed by atoms with Crippen LogP contribution in [-0.4, -0.2) is 26.1 Å². The summed E-state index contributed by atoms with van der Waals surface area (Å²) in [5, 5.41) is 2.74. The SMILES string of the molecule is COc1cccc(CCC(=O)NCCN)c1.Cl. The normalized spacial score (nSPS) is 9.29. The van der Waals surface area contributed by atoms with Crippen molar-refractivity contribution >= 4 is 18.3 Å². The van der Waals surface area contributed by atoms with Crippen molar-refractivity contribution in [3.63, 3.8) is 0 Å². The van der Waals surface area contributed by atoms with Crippen molar-refractivity contribution in [1.29, 1.82) is 0 Å². The van der Waals surface area contributed by atoms with E-state index in [-0.39, 0.29) is 18.3 Å². The molecule has 0 unspecified atom stereocenters. The fraction of sp³-hybridized carbons (Fsp3) is 0.417. The number of hydrogen-bond donors (Lipinski definition) is 2. The molecule has 0 bridgehead atoms. The maximum Gasteiger partial charge on any atom is 0.220 e. The number of ether oxygens (including phenoxy) is 1. The summed E-state index contributed by atoms with van der Waals surface area (Å²) in [6, 6.07) is 7.74. The second-order valence-corrected chi connectivity index (χ2v) is 3.49. The minimum absolute atomic E-state index is 0. The van der Waals surface area contributed by atoms with Crippen LogP contribution in [0.3, 0.4) is 0 Å². The zero-order chi connectivity index (χ0) is 11.8. The van der Waals surface area contributed by atoms with Gasteiger partial charge in [-0.05, 0) is 24.1 Å². The van der Waals surface area contributed by atoms with Crippen molar-refractivity contribution in [3.8, 4) is 5.75 Å². The number of methoxy groups -OCH3 is 1. The lowest BCUT2D eigenvalue weighted by molar-refractivity contribution is -0.120. The van der Waals surface area contributed by atoms with Crippen LogP contribution in [0.1, 0.15) is 12.0 Å². The van der Waals surface area contributed by atoms with Crippen LogP contribution in [0, 0.1) is 0 Å². The monoisotopic (exact) mass is 258 g/mol. The van der Waals surface area contributed by atoms with Crippen molar-refractivity contribution in [1.82, 2.24) is 5.32 Å². The number of halogens is 1. The molecule has 0 spiro atoms. The van der Waals surface area contributed by atoms with E-state index in [2.05, 4.69) is 5.32 Å². The van der Waals surface area contributed by atoms with Crippen molar-refractivity contribution in [2.45, 2.75) is 12.8 Å². The molecule has 17 heavy (non-hydrogen) atoms. The van der Waals surface area contributed by atoms with Crippen LogP contribution in [-0.2, 0) is 11.2 Å². The molecule has 3 N–H and O–H groups in total. The average molecular weight is 259 g/mol. The highest BCUT2D eigenvalue weighted by Crippen LogP contribution is 2.13. The van der Waals surface area contributed by atoms with Gasteiger partial charge in [-0.3, -0.25) is 4.79 Å². The molecule has 0 saturated heterocycles. The van der Waals surface area contributed by atoms with Gasteiger partial charge in [-0.15, -0.1) is 12.4 Å². The predicted octanol–water partition coefficient (Wildman–Crippen LogP) is 1.12. The van der Waals surface area contributed by atoms with Gasteiger partial charge in [-0.1, -0.05) is 12.1 Å². The van der Waals surface area contributed by atoms with Crippen LogP contribution < -0.4 is 15.8 Å². The second kappa shape index (κ2) is 8.84. The molecule has 0 aromatic heterocycles. The summed E-state index contributed by atoms with van der Waals surface area (Å²) in [4.78, 5) is 11.3. The first kappa shape index (κ1) is 15.7. The maximum atomic E-state index is 11.3. The third-order valence-electron chi connectivity index (χ3n) is 2.24. The van der Waals surface area contributed by atoms with Crippen LogP contribution in [0.15, 0.2) is 24.3 Å². The van der Waals surface area contributed by atoms with Crippen LogP contribution in [0.4, 0.5) is 0 Å². The number of nitrogens with one attached hydrogen (secondary N) is 1. The van der Waals surface area contributed by atoms with E-state index in [9.17, 15) is 4.79 Å². The predicted molar refractivity (Wildman–Crippen MR) is 70.6 cm³/mol. The molecule has 1 aromatic carbocycles. The summed E-state index contributed by atoms with van der Waals surface area (Å²) in [5.41, 5.74) is 6.39. The number of amides is 1. The van der Waals surface area contributed by atoms with Crippen molar-refractivity contribution < 1.29 is 9.53 Å².